The maximum atomic E-state index is 2.30. The molecule has 0 aliphatic carbocycles. The van der Waals surface area contributed by atoms with Gasteiger partial charge in [0.05, 0.1) is 0 Å². The first-order chi connectivity index (χ1) is 2.41. The van der Waals surface area contributed by atoms with E-state index in [4.69, 9.17) is 0 Å². The first-order valence-electron chi connectivity index (χ1n) is 2.12. The third kappa shape index (κ3) is 18.1. The van der Waals surface area contributed by atoms with Crippen LogP contribution in [0.1, 0.15) is 13.8 Å². The van der Waals surface area contributed by atoms with Crippen LogP contribution in [0, 0.1) is 0 Å². The second kappa shape index (κ2) is 15.7. The number of hydrogen-bond donors (Lipinski definition) is 0. The SMILES string of the molecule is Br.Br.C[CH2][Pb][CH2]C. The fraction of sp³-hybridized carbons (Fsp3) is 1.00. The average Bonchev–Trinajstić information content (AvgIpc) is 1.41. The summed E-state index contributed by atoms with van der Waals surface area (Å²) in [7, 11) is 0. The molecule has 2 radical (unpaired) electrons. The molecule has 0 aliphatic rings. The summed E-state index contributed by atoms with van der Waals surface area (Å²) in [6.07, 6.45) is 0. The fourth-order valence-corrected chi connectivity index (χ4v) is 2.19. The van der Waals surface area contributed by atoms with E-state index in [2.05, 4.69) is 13.8 Å². The molecule has 0 saturated carbocycles. The Morgan fingerprint density at radius 1 is 1.00 bits per heavy atom. The fourth-order valence-electron chi connectivity index (χ4n) is 0.250. The van der Waals surface area contributed by atoms with E-state index in [-0.39, 0.29) is 58.2 Å². The summed E-state index contributed by atoms with van der Waals surface area (Å²) in [5.41, 5.74) is 0. The topological polar surface area (TPSA) is 0 Å². The van der Waals surface area contributed by atoms with Crippen LogP contribution in [0.5, 0.6) is 0 Å². The third-order valence-electron chi connectivity index (χ3n) is 0.500. The summed E-state index contributed by atoms with van der Waals surface area (Å²) in [4.78, 5) is 0. The molecule has 0 unspecified atom stereocenters. The molecule has 0 spiro atoms. The van der Waals surface area contributed by atoms with Crippen molar-refractivity contribution in [2.75, 3.05) is 0 Å². The van der Waals surface area contributed by atoms with Gasteiger partial charge in [0.2, 0.25) is 0 Å². The Balaban J connectivity index is -0.0000000800. The Bertz CT molecular complexity index is 17.2. The van der Waals surface area contributed by atoms with Crippen molar-refractivity contribution in [3.8, 4) is 0 Å². The van der Waals surface area contributed by atoms with Gasteiger partial charge in [-0.05, 0) is 0 Å². The molecule has 0 saturated heterocycles. The zero-order valence-corrected chi connectivity index (χ0v) is 12.0. The summed E-state index contributed by atoms with van der Waals surface area (Å²) >= 11 is 0.0494. The minimum atomic E-state index is 0. The van der Waals surface area contributed by atoms with Gasteiger partial charge in [-0.1, -0.05) is 0 Å². The van der Waals surface area contributed by atoms with Gasteiger partial charge in [0.15, 0.2) is 0 Å². The van der Waals surface area contributed by atoms with Crippen molar-refractivity contribution >= 4 is 58.2 Å². The van der Waals surface area contributed by atoms with Gasteiger partial charge in [0, 0.05) is 0 Å². The predicted octanol–water partition coefficient (Wildman–Crippen LogP) is 2.72. The van der Waals surface area contributed by atoms with Crippen molar-refractivity contribution in [1.29, 1.82) is 0 Å². The van der Waals surface area contributed by atoms with Gasteiger partial charge in [-0.2, -0.15) is 0 Å². The molecule has 0 rings (SSSR count). The van der Waals surface area contributed by atoms with Crippen LogP contribution in [0.15, 0.2) is 0 Å². The summed E-state index contributed by atoms with van der Waals surface area (Å²) < 4.78 is 3.08. The number of halogens is 2. The van der Waals surface area contributed by atoms with Gasteiger partial charge in [0.1, 0.15) is 0 Å². The molecule has 0 heterocycles. The third-order valence-corrected chi connectivity index (χ3v) is 4.39. The van der Waals surface area contributed by atoms with Gasteiger partial charge < -0.3 is 0 Å². The molecule has 0 nitrogen and oxygen atoms in total. The Hall–Kier alpha value is 1.88. The van der Waals surface area contributed by atoms with E-state index in [1.165, 1.54) is 7.96 Å². The van der Waals surface area contributed by atoms with Crippen LogP contribution >= 0.6 is 34.0 Å². The zero-order chi connectivity index (χ0) is 4.12. The van der Waals surface area contributed by atoms with Crippen LogP contribution in [-0.2, 0) is 0 Å². The van der Waals surface area contributed by atoms with Gasteiger partial charge in [0.25, 0.3) is 0 Å². The summed E-state index contributed by atoms with van der Waals surface area (Å²) in [5.74, 6) is 0. The van der Waals surface area contributed by atoms with E-state index in [1.807, 2.05) is 0 Å². The van der Waals surface area contributed by atoms with Gasteiger partial charge in [-0.3, -0.25) is 0 Å². The standard InChI is InChI=1S/2C2H5.2BrH.Pb/c2*1-2;;;/h2*1H2,2H3;2*1H;. The molecule has 0 amide bonds. The zero-order valence-electron chi connectivity index (χ0n) is 4.73. The van der Waals surface area contributed by atoms with Crippen molar-refractivity contribution in [1.82, 2.24) is 0 Å². The van der Waals surface area contributed by atoms with Crippen LogP contribution < -0.4 is 0 Å². The van der Waals surface area contributed by atoms with Crippen molar-refractivity contribution in [3.63, 3.8) is 0 Å². The van der Waals surface area contributed by atoms with Crippen LogP contribution in [-0.4, -0.2) is 24.2 Å². The second-order valence-electron chi connectivity index (χ2n) is 0.957. The Kier molecular flexibility index (Phi) is 35.7. The molecule has 0 atom stereocenters. The molecule has 0 aliphatic heterocycles. The summed E-state index contributed by atoms with van der Waals surface area (Å²) in [6.45, 7) is 4.60. The van der Waals surface area contributed by atoms with Crippen molar-refractivity contribution in [3.05, 3.63) is 0 Å². The Morgan fingerprint density at radius 2 is 1.29 bits per heavy atom. The van der Waals surface area contributed by atoms with E-state index < -0.39 is 0 Å². The van der Waals surface area contributed by atoms with E-state index in [0.29, 0.717) is 0 Å². The first kappa shape index (κ1) is 15.9. The van der Waals surface area contributed by atoms with Crippen LogP contribution in [0.3, 0.4) is 0 Å². The molecular weight excluding hydrogens is 415 g/mol. The van der Waals surface area contributed by atoms with E-state index in [1.54, 1.807) is 0 Å². The van der Waals surface area contributed by atoms with Crippen LogP contribution in [0.2, 0.25) is 7.96 Å². The number of hydrogen-bond acceptors (Lipinski definition) is 0. The van der Waals surface area contributed by atoms with Gasteiger partial charge in [-0.25, -0.2) is 0 Å². The van der Waals surface area contributed by atoms with Gasteiger partial charge in [-0.15, -0.1) is 34.0 Å². The van der Waals surface area contributed by atoms with Crippen molar-refractivity contribution in [2.24, 2.45) is 0 Å². The molecule has 46 valence electrons. The molecule has 0 bridgehead atoms. The van der Waals surface area contributed by atoms with E-state index >= 15 is 0 Å². The van der Waals surface area contributed by atoms with E-state index in [0.717, 1.165) is 0 Å². The summed E-state index contributed by atoms with van der Waals surface area (Å²) in [5, 5.41) is 0. The van der Waals surface area contributed by atoms with Crippen molar-refractivity contribution < 1.29 is 0 Å². The normalized spacial score (nSPS) is 6.00. The molecule has 0 aromatic heterocycles. The van der Waals surface area contributed by atoms with Gasteiger partial charge >= 0.3 is 46.0 Å². The Morgan fingerprint density at radius 3 is 1.29 bits per heavy atom. The molecule has 0 N–H and O–H groups in total. The minimum absolute atomic E-state index is 0. The van der Waals surface area contributed by atoms with Crippen LogP contribution in [0.4, 0.5) is 0 Å². The quantitative estimate of drug-likeness (QED) is 0.595. The maximum absolute atomic E-state index is 2.30. The second-order valence-corrected chi connectivity index (χ2v) is 8.40. The molecule has 7 heavy (non-hydrogen) atoms. The number of rotatable bonds is 2. The summed E-state index contributed by atoms with van der Waals surface area (Å²) in [6, 6.07) is 0. The molecule has 0 fully saturated rings. The van der Waals surface area contributed by atoms with E-state index in [9.17, 15) is 0 Å². The molecule has 3 heteroatoms. The van der Waals surface area contributed by atoms with Crippen molar-refractivity contribution in [2.45, 2.75) is 21.8 Å². The monoisotopic (exact) mass is 426 g/mol. The average molecular weight is 427 g/mol. The molecular formula is C4H12Br2Pb. The molecule has 0 aromatic carbocycles. The molecule has 0 aromatic rings. The van der Waals surface area contributed by atoms with Crippen LogP contribution in [0.25, 0.3) is 0 Å². The first-order valence-corrected chi connectivity index (χ1v) is 7.62. The Labute approximate surface area is 79.2 Å². The predicted molar refractivity (Wildman–Crippen MR) is 47.4 cm³/mol.